The molecule has 8 heteroatoms. The highest BCUT2D eigenvalue weighted by Gasteiger charge is 2.76. The number of aliphatic hydroxyl groups excluding tert-OH is 2. The van der Waals surface area contributed by atoms with Gasteiger partial charge in [0.1, 0.15) is 17.0 Å². The van der Waals surface area contributed by atoms with Gasteiger partial charge in [0, 0.05) is 30.0 Å². The highest BCUT2D eigenvalue weighted by atomic mass is 79.9. The molecule has 1 aliphatic heterocycles. The van der Waals surface area contributed by atoms with E-state index in [0.717, 1.165) is 24.8 Å². The van der Waals surface area contributed by atoms with E-state index in [-0.39, 0.29) is 29.0 Å². The molecular weight excluding hydrogens is 514 g/mol. The van der Waals surface area contributed by atoms with Gasteiger partial charge in [0.05, 0.1) is 12.2 Å². The van der Waals surface area contributed by atoms with Crippen molar-refractivity contribution in [2.45, 2.75) is 82.9 Å². The van der Waals surface area contributed by atoms with E-state index in [1.54, 1.807) is 6.20 Å². The fourth-order valence-electron chi connectivity index (χ4n) is 9.24. The van der Waals surface area contributed by atoms with Crippen molar-refractivity contribution in [2.24, 2.45) is 34.5 Å². The second-order valence-corrected chi connectivity index (χ2v) is 12.9. The maximum atomic E-state index is 13.5. The first-order valence-corrected chi connectivity index (χ1v) is 13.7. The molecule has 10 atom stereocenters. The van der Waals surface area contributed by atoms with E-state index < -0.39 is 36.1 Å². The van der Waals surface area contributed by atoms with E-state index in [0.29, 0.717) is 42.0 Å². The van der Waals surface area contributed by atoms with Crippen molar-refractivity contribution in [2.75, 3.05) is 6.61 Å². The number of hydrogen-bond acceptors (Lipinski definition) is 7. The molecule has 5 fully saturated rings. The van der Waals surface area contributed by atoms with Gasteiger partial charge < -0.3 is 19.7 Å². The molecule has 1 saturated heterocycles. The molecule has 0 radical (unpaired) electrons. The Labute approximate surface area is 214 Å². The quantitative estimate of drug-likeness (QED) is 0.555. The van der Waals surface area contributed by atoms with Gasteiger partial charge in [-0.3, -0.25) is 9.59 Å². The van der Waals surface area contributed by atoms with Gasteiger partial charge in [-0.05, 0) is 89.3 Å². The molecule has 35 heavy (non-hydrogen) atoms. The summed E-state index contributed by atoms with van der Waals surface area (Å²) in [4.78, 5) is 29.9. The largest absolute Gasteiger partial charge is 0.393 e. The lowest BCUT2D eigenvalue weighted by atomic mass is 9.43. The van der Waals surface area contributed by atoms with Crippen LogP contribution < -0.4 is 0 Å². The minimum absolute atomic E-state index is 0.0724. The van der Waals surface area contributed by atoms with E-state index in [2.05, 4.69) is 34.8 Å². The van der Waals surface area contributed by atoms with Crippen LogP contribution in [0.2, 0.25) is 0 Å². The fourth-order valence-corrected chi connectivity index (χ4v) is 9.63. The van der Waals surface area contributed by atoms with Gasteiger partial charge >= 0.3 is 0 Å². The Morgan fingerprint density at radius 2 is 2.11 bits per heavy atom. The van der Waals surface area contributed by atoms with Crippen LogP contribution in [0.25, 0.3) is 0 Å². The number of halogens is 1. The molecule has 0 aromatic carbocycles. The highest BCUT2D eigenvalue weighted by molar-refractivity contribution is 9.10. The first-order valence-electron chi connectivity index (χ1n) is 12.9. The number of ketones is 2. The smallest absolute Gasteiger partial charge is 0.193 e. The summed E-state index contributed by atoms with van der Waals surface area (Å²) >= 11 is 3.39. The summed E-state index contributed by atoms with van der Waals surface area (Å²) in [5.74, 6) is 0.765. The van der Waals surface area contributed by atoms with Crippen LogP contribution in [-0.4, -0.2) is 51.2 Å². The van der Waals surface area contributed by atoms with Crippen LogP contribution >= 0.6 is 15.9 Å². The monoisotopic (exact) mass is 547 g/mol. The first kappa shape index (κ1) is 24.2. The van der Waals surface area contributed by atoms with Gasteiger partial charge in [-0.25, -0.2) is 4.98 Å². The van der Waals surface area contributed by atoms with Crippen molar-refractivity contribution in [3.63, 3.8) is 0 Å². The molecule has 0 bridgehead atoms. The van der Waals surface area contributed by atoms with E-state index in [4.69, 9.17) is 9.47 Å². The average molecular weight is 548 g/mol. The number of nitrogens with zero attached hydrogens (tertiary/aromatic N) is 1. The number of carbonyl (C=O) groups excluding carboxylic acids is 2. The summed E-state index contributed by atoms with van der Waals surface area (Å²) in [7, 11) is 0. The Morgan fingerprint density at radius 1 is 1.31 bits per heavy atom. The summed E-state index contributed by atoms with van der Waals surface area (Å²) in [6.07, 6.45) is 4.89. The van der Waals surface area contributed by atoms with Gasteiger partial charge in [-0.2, -0.15) is 0 Å². The maximum absolute atomic E-state index is 13.5. The number of ether oxygens (including phenoxy) is 2. The molecule has 5 aliphatic rings. The molecule has 4 aliphatic carbocycles. The summed E-state index contributed by atoms with van der Waals surface area (Å²) in [6.45, 7) is 3.72. The molecule has 1 aromatic rings. The Morgan fingerprint density at radius 3 is 2.86 bits per heavy atom. The van der Waals surface area contributed by atoms with Crippen LogP contribution in [0.3, 0.4) is 0 Å². The second kappa shape index (κ2) is 8.15. The predicted octanol–water partition coefficient (Wildman–Crippen LogP) is 3.75. The van der Waals surface area contributed by atoms with Gasteiger partial charge in [-0.1, -0.05) is 13.8 Å². The van der Waals surface area contributed by atoms with Crippen LogP contribution in [0.5, 0.6) is 0 Å². The van der Waals surface area contributed by atoms with Crippen molar-refractivity contribution < 1.29 is 29.3 Å². The van der Waals surface area contributed by atoms with Crippen LogP contribution in [0.4, 0.5) is 0 Å². The first-order chi connectivity index (χ1) is 16.6. The van der Waals surface area contributed by atoms with Crippen LogP contribution in [-0.2, 0) is 19.1 Å². The lowest BCUT2D eigenvalue weighted by Crippen LogP contribution is -2.64. The minimum Gasteiger partial charge on any atom is -0.393 e. The number of pyridine rings is 1. The van der Waals surface area contributed by atoms with Gasteiger partial charge in [0.15, 0.2) is 17.7 Å². The van der Waals surface area contributed by atoms with Crippen molar-refractivity contribution >= 4 is 27.5 Å². The summed E-state index contributed by atoms with van der Waals surface area (Å²) < 4.78 is 13.7. The number of hydrogen-bond donors (Lipinski definition) is 2. The predicted molar refractivity (Wildman–Crippen MR) is 129 cm³/mol. The normalized spacial score (nSPS) is 48.6. The molecule has 1 aromatic heterocycles. The molecule has 4 saturated carbocycles. The van der Waals surface area contributed by atoms with E-state index >= 15 is 0 Å². The van der Waals surface area contributed by atoms with Crippen molar-refractivity contribution in [1.29, 1.82) is 0 Å². The second-order valence-electron chi connectivity index (χ2n) is 12.0. The van der Waals surface area contributed by atoms with Crippen LogP contribution in [0.15, 0.2) is 22.9 Å². The average Bonchev–Trinajstić information content (AvgIpc) is 3.32. The van der Waals surface area contributed by atoms with Crippen molar-refractivity contribution in [1.82, 2.24) is 4.98 Å². The summed E-state index contributed by atoms with van der Waals surface area (Å²) in [5.41, 5.74) is -1.28. The number of aliphatic hydroxyl groups is 2. The van der Waals surface area contributed by atoms with Crippen LogP contribution in [0, 0.1) is 34.5 Å². The highest BCUT2D eigenvalue weighted by Crippen LogP contribution is 2.71. The fraction of sp³-hybridized carbons (Fsp3) is 0.741. The number of Topliss-reactive ketones (excluding diaryl/α,β-unsaturated/α-hetero) is 2. The molecule has 7 nitrogen and oxygen atoms in total. The lowest BCUT2D eigenvalue weighted by molar-refractivity contribution is -0.216. The van der Waals surface area contributed by atoms with Crippen LogP contribution in [0.1, 0.15) is 70.6 Å². The van der Waals surface area contributed by atoms with Gasteiger partial charge in [0.25, 0.3) is 0 Å². The Hall–Kier alpha value is -1.19. The van der Waals surface area contributed by atoms with Gasteiger partial charge in [0.2, 0.25) is 0 Å². The zero-order valence-electron chi connectivity index (χ0n) is 20.3. The number of fused-ring (bicyclic) bond motifs is 7. The summed E-state index contributed by atoms with van der Waals surface area (Å²) in [6, 6.07) is 3.63. The van der Waals surface area contributed by atoms with Crippen molar-refractivity contribution in [3.8, 4) is 0 Å². The number of rotatable bonds is 3. The molecule has 2 heterocycles. The Kier molecular flexibility index (Phi) is 5.63. The molecule has 0 spiro atoms. The molecule has 190 valence electrons. The zero-order valence-corrected chi connectivity index (χ0v) is 21.9. The maximum Gasteiger partial charge on any atom is 0.193 e. The standard InChI is InChI=1S/C27H34BrNO6/c1-25-7-5-16(31)10-15(25)3-4-17-18-11-21-27(20(33)13-30,26(18,2)12-19(32)23(17)25)35-24(34-21)14-6-8-29-22(28)9-14/h6,8-9,15,17-19,21,23-24,30,32H,3-5,7,10-13H2,1-2H3/t15?,17-,18-,19-,21+,23+,24?,25-,26-,27+/m0/s1. The van der Waals surface area contributed by atoms with Gasteiger partial charge in [-0.15, -0.1) is 0 Å². The topological polar surface area (TPSA) is 106 Å². The van der Waals surface area contributed by atoms with E-state index in [1.807, 2.05) is 12.1 Å². The minimum atomic E-state index is -1.31. The number of aromatic nitrogens is 1. The zero-order chi connectivity index (χ0) is 24.8. The van der Waals surface area contributed by atoms with E-state index in [9.17, 15) is 19.8 Å². The third kappa shape index (κ3) is 3.19. The Bertz CT molecular complexity index is 1070. The molecule has 6 rings (SSSR count). The van der Waals surface area contributed by atoms with E-state index in [1.165, 1.54) is 0 Å². The van der Waals surface area contributed by atoms with Crippen molar-refractivity contribution in [3.05, 3.63) is 28.5 Å². The molecular formula is C27H34BrNO6. The number of carbonyl (C=O) groups is 2. The third-order valence-corrected chi connectivity index (χ3v) is 11.2. The molecule has 2 unspecified atom stereocenters. The lowest BCUT2D eigenvalue weighted by Gasteiger charge is -2.62. The summed E-state index contributed by atoms with van der Waals surface area (Å²) in [5, 5.41) is 21.8. The third-order valence-electron chi connectivity index (χ3n) is 10.7. The molecule has 2 N–H and O–H groups in total. The SMILES string of the molecule is C[C@]12CCC(=O)CC1CC[C@@H]1[C@@H]2[C@@H](O)C[C@@]2(C)[C@H]1C[C@H]1OC(c3ccnc(Br)c3)O[C@]12C(=O)CO. The Balaban J connectivity index is 1.38. The molecule has 0 amide bonds.